The van der Waals surface area contributed by atoms with E-state index < -0.39 is 0 Å². The van der Waals surface area contributed by atoms with E-state index in [0.29, 0.717) is 0 Å². The predicted molar refractivity (Wildman–Crippen MR) is 105 cm³/mol. The fourth-order valence-corrected chi connectivity index (χ4v) is 5.06. The molecule has 0 spiro atoms. The molecule has 3 aliphatic heterocycles. The van der Waals surface area contributed by atoms with Crippen LogP contribution >= 0.6 is 0 Å². The molecule has 27 heavy (non-hydrogen) atoms. The Kier molecular flexibility index (Phi) is 5.48. The first-order valence-corrected chi connectivity index (χ1v) is 10.6. The number of likely N-dealkylation sites (tertiary alicyclic amines) is 2. The Labute approximate surface area is 162 Å². The van der Waals surface area contributed by atoms with Crippen LogP contribution in [-0.4, -0.2) is 53.3 Å². The Morgan fingerprint density at radius 3 is 2.56 bits per heavy atom. The van der Waals surface area contributed by atoms with E-state index in [4.69, 9.17) is 0 Å². The van der Waals surface area contributed by atoms with Gasteiger partial charge >= 0.3 is 0 Å². The molecule has 3 saturated heterocycles. The summed E-state index contributed by atoms with van der Waals surface area (Å²) >= 11 is 0. The molecule has 4 rings (SSSR count). The van der Waals surface area contributed by atoms with E-state index in [1.165, 1.54) is 37.9 Å². The quantitative estimate of drug-likeness (QED) is 0.868. The van der Waals surface area contributed by atoms with Crippen LogP contribution in [0.4, 0.5) is 0 Å². The van der Waals surface area contributed by atoms with Gasteiger partial charge in [-0.05, 0) is 56.5 Å². The summed E-state index contributed by atoms with van der Waals surface area (Å²) in [6.45, 7) is 6.17. The van der Waals surface area contributed by atoms with Gasteiger partial charge < -0.3 is 10.2 Å². The van der Waals surface area contributed by atoms with Crippen molar-refractivity contribution in [2.24, 2.45) is 5.92 Å². The SMILES string of the molecule is CCCC1C(=O)NC2CCN(C(=O)c3ccc(CN4CCCCC4)cc3)C21. The standard InChI is InChI=1S/C22H31N3O2/c1-2-6-18-20-19(23-21(18)26)11-14-25(20)22(27)17-9-7-16(8-10-17)15-24-12-4-3-5-13-24/h7-10,18-20H,2-6,11-15H2,1H3,(H,23,26). The van der Waals surface area contributed by atoms with Gasteiger partial charge in [-0.3, -0.25) is 14.5 Å². The summed E-state index contributed by atoms with van der Waals surface area (Å²) in [5.41, 5.74) is 2.02. The average Bonchev–Trinajstić information content (AvgIpc) is 3.22. The smallest absolute Gasteiger partial charge is 0.254 e. The summed E-state index contributed by atoms with van der Waals surface area (Å²) in [5.74, 6) is 0.149. The third-order valence-electron chi connectivity index (χ3n) is 6.45. The third-order valence-corrected chi connectivity index (χ3v) is 6.45. The summed E-state index contributed by atoms with van der Waals surface area (Å²) in [6, 6.07) is 8.28. The van der Waals surface area contributed by atoms with Gasteiger partial charge in [0.05, 0.1) is 18.0 Å². The maximum absolute atomic E-state index is 13.1. The molecular formula is C22H31N3O2. The molecule has 0 saturated carbocycles. The molecule has 1 N–H and O–H groups in total. The number of hydrogen-bond acceptors (Lipinski definition) is 3. The van der Waals surface area contributed by atoms with Gasteiger partial charge in [-0.25, -0.2) is 0 Å². The molecule has 3 atom stereocenters. The molecule has 5 heteroatoms. The minimum atomic E-state index is -0.0511. The Balaban J connectivity index is 1.43. The van der Waals surface area contributed by atoms with Crippen LogP contribution < -0.4 is 5.32 Å². The Morgan fingerprint density at radius 2 is 1.85 bits per heavy atom. The number of carbonyl (C=O) groups is 2. The van der Waals surface area contributed by atoms with Gasteiger partial charge in [0, 0.05) is 18.7 Å². The summed E-state index contributed by atoms with van der Waals surface area (Å²) in [7, 11) is 0. The van der Waals surface area contributed by atoms with Crippen LogP contribution in [-0.2, 0) is 11.3 Å². The van der Waals surface area contributed by atoms with E-state index in [9.17, 15) is 9.59 Å². The molecule has 5 nitrogen and oxygen atoms in total. The number of rotatable bonds is 5. The van der Waals surface area contributed by atoms with E-state index in [-0.39, 0.29) is 29.8 Å². The zero-order valence-electron chi connectivity index (χ0n) is 16.3. The van der Waals surface area contributed by atoms with E-state index in [1.807, 2.05) is 17.0 Å². The number of piperidine rings is 1. The Hall–Kier alpha value is -1.88. The van der Waals surface area contributed by atoms with Crippen LogP contribution in [0.1, 0.15) is 61.4 Å². The summed E-state index contributed by atoms with van der Waals surface area (Å²) in [6.07, 6.45) is 6.62. The van der Waals surface area contributed by atoms with Crippen molar-refractivity contribution in [3.63, 3.8) is 0 Å². The molecule has 3 fully saturated rings. The van der Waals surface area contributed by atoms with Crippen LogP contribution in [0, 0.1) is 5.92 Å². The van der Waals surface area contributed by atoms with Gasteiger partial charge in [-0.2, -0.15) is 0 Å². The second-order valence-electron chi connectivity index (χ2n) is 8.32. The Bertz CT molecular complexity index is 681. The van der Waals surface area contributed by atoms with Gasteiger partial charge in [0.2, 0.25) is 5.91 Å². The first kappa shape index (κ1) is 18.5. The number of nitrogens with one attached hydrogen (secondary N) is 1. The minimum absolute atomic E-state index is 0.0259. The highest BCUT2D eigenvalue weighted by Gasteiger charge is 2.49. The number of nitrogens with zero attached hydrogens (tertiary/aromatic N) is 2. The van der Waals surface area contributed by atoms with Crippen molar-refractivity contribution in [3.8, 4) is 0 Å². The van der Waals surface area contributed by atoms with Crippen LogP contribution in [0.15, 0.2) is 24.3 Å². The second kappa shape index (κ2) is 8.01. The highest BCUT2D eigenvalue weighted by molar-refractivity contribution is 5.96. The normalized spacial score (nSPS) is 28.3. The van der Waals surface area contributed by atoms with Crippen LogP contribution in [0.3, 0.4) is 0 Å². The van der Waals surface area contributed by atoms with Crippen molar-refractivity contribution in [1.29, 1.82) is 0 Å². The largest absolute Gasteiger partial charge is 0.351 e. The molecule has 2 amide bonds. The fraction of sp³-hybridized carbons (Fsp3) is 0.636. The molecular weight excluding hydrogens is 338 g/mol. The fourth-order valence-electron chi connectivity index (χ4n) is 5.06. The molecule has 3 aliphatic rings. The number of benzene rings is 1. The molecule has 0 aromatic heterocycles. The lowest BCUT2D eigenvalue weighted by atomic mass is 9.94. The van der Waals surface area contributed by atoms with E-state index in [1.54, 1.807) is 0 Å². The molecule has 1 aromatic carbocycles. The van der Waals surface area contributed by atoms with E-state index in [2.05, 4.69) is 29.3 Å². The van der Waals surface area contributed by atoms with E-state index >= 15 is 0 Å². The third kappa shape index (κ3) is 3.75. The molecule has 1 aromatic rings. The maximum Gasteiger partial charge on any atom is 0.254 e. The first-order chi connectivity index (χ1) is 13.2. The lowest BCUT2D eigenvalue weighted by Gasteiger charge is -2.28. The van der Waals surface area contributed by atoms with Crippen LogP contribution in [0.25, 0.3) is 0 Å². The molecule has 0 radical (unpaired) electrons. The van der Waals surface area contributed by atoms with E-state index in [0.717, 1.165) is 37.9 Å². The van der Waals surface area contributed by atoms with Gasteiger partial charge in [0.1, 0.15) is 0 Å². The highest BCUT2D eigenvalue weighted by atomic mass is 16.2. The summed E-state index contributed by atoms with van der Waals surface area (Å²) < 4.78 is 0. The lowest BCUT2D eigenvalue weighted by Crippen LogP contribution is -2.42. The van der Waals surface area contributed by atoms with Crippen molar-refractivity contribution in [1.82, 2.24) is 15.1 Å². The number of carbonyl (C=O) groups excluding carboxylic acids is 2. The van der Waals surface area contributed by atoms with Crippen LogP contribution in [0.2, 0.25) is 0 Å². The monoisotopic (exact) mass is 369 g/mol. The lowest BCUT2D eigenvalue weighted by molar-refractivity contribution is -0.123. The number of amides is 2. The molecule has 0 bridgehead atoms. The molecule has 146 valence electrons. The zero-order chi connectivity index (χ0) is 18.8. The first-order valence-electron chi connectivity index (χ1n) is 10.6. The number of hydrogen-bond donors (Lipinski definition) is 1. The van der Waals surface area contributed by atoms with Gasteiger partial charge in [0.15, 0.2) is 0 Å². The van der Waals surface area contributed by atoms with Crippen molar-refractivity contribution in [2.75, 3.05) is 19.6 Å². The topological polar surface area (TPSA) is 52.7 Å². The predicted octanol–water partition coefficient (Wildman–Crippen LogP) is 2.80. The van der Waals surface area contributed by atoms with Gasteiger partial charge in [0.25, 0.3) is 5.91 Å². The number of fused-ring (bicyclic) bond motifs is 1. The van der Waals surface area contributed by atoms with Crippen molar-refractivity contribution in [2.45, 2.75) is 64.1 Å². The van der Waals surface area contributed by atoms with Crippen molar-refractivity contribution >= 4 is 11.8 Å². The van der Waals surface area contributed by atoms with Gasteiger partial charge in [-0.1, -0.05) is 31.9 Å². The van der Waals surface area contributed by atoms with Gasteiger partial charge in [-0.15, -0.1) is 0 Å². The van der Waals surface area contributed by atoms with Crippen molar-refractivity contribution in [3.05, 3.63) is 35.4 Å². The van der Waals surface area contributed by atoms with Crippen LogP contribution in [0.5, 0.6) is 0 Å². The van der Waals surface area contributed by atoms with Crippen molar-refractivity contribution < 1.29 is 9.59 Å². The molecule has 3 heterocycles. The minimum Gasteiger partial charge on any atom is -0.351 e. The maximum atomic E-state index is 13.1. The highest BCUT2D eigenvalue weighted by Crippen LogP contribution is 2.33. The summed E-state index contributed by atoms with van der Waals surface area (Å²) in [5, 5.41) is 3.10. The second-order valence-corrected chi connectivity index (χ2v) is 8.32. The molecule has 0 aliphatic carbocycles. The Morgan fingerprint density at radius 1 is 1.11 bits per heavy atom. The average molecular weight is 370 g/mol. The summed E-state index contributed by atoms with van der Waals surface area (Å²) in [4.78, 5) is 29.8. The molecule has 3 unspecified atom stereocenters. The zero-order valence-corrected chi connectivity index (χ0v) is 16.3.